The molecule has 0 amide bonds. The average Bonchev–Trinajstić information content (AvgIpc) is 2.80. The van der Waals surface area contributed by atoms with Crippen molar-refractivity contribution in [3.63, 3.8) is 0 Å². The molecule has 0 atom stereocenters. The number of pyridine rings is 1. The highest BCUT2D eigenvalue weighted by Gasteiger charge is 2.03. The molecule has 0 aliphatic heterocycles. The van der Waals surface area contributed by atoms with Crippen LogP contribution in [0.4, 0.5) is 0 Å². The number of benzene rings is 2. The minimum atomic E-state index is 0.00187. The van der Waals surface area contributed by atoms with Crippen LogP contribution in [0.1, 0.15) is 20.3 Å². The van der Waals surface area contributed by atoms with E-state index in [4.69, 9.17) is 21.0 Å². The van der Waals surface area contributed by atoms with Gasteiger partial charge >= 0.3 is 0 Å². The second-order valence-electron chi connectivity index (χ2n) is 7.27. The van der Waals surface area contributed by atoms with Gasteiger partial charge in [0.2, 0.25) is 0 Å². The lowest BCUT2D eigenvalue weighted by atomic mass is 10.1. The fourth-order valence-electron chi connectivity index (χ4n) is 2.84. The molecule has 0 saturated heterocycles. The third-order valence-electron chi connectivity index (χ3n) is 4.62. The van der Waals surface area contributed by atoms with Crippen LogP contribution < -0.4 is 15.0 Å². The molecule has 1 heterocycles. The van der Waals surface area contributed by atoms with E-state index in [2.05, 4.69) is 61.1 Å². The van der Waals surface area contributed by atoms with Gasteiger partial charge in [-0.2, -0.15) is 21.0 Å². The molecule has 0 aliphatic carbocycles. The summed E-state index contributed by atoms with van der Waals surface area (Å²) in [4.78, 5) is 0. The standard InChI is InChI=1S/C14H18N.C12H4N4/c1-12(2)7-9-15-10-8-13-5-3-4-6-14(13)11-15;13-5-11(6-14)9-1-2-10(4-3-9)12(7-15)8-16/h3-6,8,10-12H,7,9H2,1-2H3;1-4H/q+1;. The Hall–Kier alpha value is -4.45. The molecule has 150 valence electrons. The summed E-state index contributed by atoms with van der Waals surface area (Å²) >= 11 is 0. The van der Waals surface area contributed by atoms with Crippen molar-refractivity contribution in [2.45, 2.75) is 26.8 Å². The third-order valence-corrected chi connectivity index (χ3v) is 4.62. The van der Waals surface area contributed by atoms with Crippen LogP contribution in [-0.2, 0) is 6.54 Å². The molecule has 0 bridgehead atoms. The van der Waals surface area contributed by atoms with Crippen LogP contribution in [0.5, 0.6) is 0 Å². The summed E-state index contributed by atoms with van der Waals surface area (Å²) in [5.41, 5.74) is 0.00373. The van der Waals surface area contributed by atoms with Crippen molar-refractivity contribution in [3.05, 3.63) is 77.4 Å². The highest BCUT2D eigenvalue weighted by Crippen LogP contribution is 2.10. The summed E-state index contributed by atoms with van der Waals surface area (Å²) < 4.78 is 2.28. The van der Waals surface area contributed by atoms with Crippen LogP contribution in [0.25, 0.3) is 21.9 Å². The Balaban J connectivity index is 0.000000220. The van der Waals surface area contributed by atoms with E-state index in [0.29, 0.717) is 10.4 Å². The molecule has 0 spiro atoms. The van der Waals surface area contributed by atoms with Gasteiger partial charge in [0.25, 0.3) is 0 Å². The van der Waals surface area contributed by atoms with E-state index >= 15 is 0 Å². The van der Waals surface area contributed by atoms with Crippen molar-refractivity contribution in [2.75, 3.05) is 0 Å². The van der Waals surface area contributed by atoms with E-state index in [0.717, 1.165) is 12.5 Å². The van der Waals surface area contributed by atoms with Gasteiger partial charge in [0.05, 0.1) is 0 Å². The van der Waals surface area contributed by atoms with Crippen LogP contribution in [0.2, 0.25) is 0 Å². The fraction of sp³-hybridized carbons (Fsp3) is 0.192. The predicted molar refractivity (Wildman–Crippen MR) is 119 cm³/mol. The molecule has 0 radical (unpaired) electrons. The molecule has 5 heteroatoms. The monoisotopic (exact) mass is 404 g/mol. The Morgan fingerprint density at radius 3 is 1.68 bits per heavy atom. The minimum absolute atomic E-state index is 0.00187. The van der Waals surface area contributed by atoms with Crippen molar-refractivity contribution in [3.8, 4) is 24.3 Å². The lowest BCUT2D eigenvalue weighted by molar-refractivity contribution is -0.696. The van der Waals surface area contributed by atoms with Gasteiger partial charge in [-0.1, -0.05) is 56.3 Å². The van der Waals surface area contributed by atoms with Crippen LogP contribution in [0.15, 0.2) is 67.0 Å². The molecule has 3 aromatic rings. The van der Waals surface area contributed by atoms with Crippen molar-refractivity contribution in [2.24, 2.45) is 5.92 Å². The van der Waals surface area contributed by atoms with Crippen molar-refractivity contribution in [1.29, 1.82) is 21.0 Å². The van der Waals surface area contributed by atoms with Crippen LogP contribution in [-0.4, -0.2) is 0 Å². The van der Waals surface area contributed by atoms with Gasteiger partial charge in [-0.05, 0) is 17.4 Å². The maximum absolute atomic E-state index is 8.63. The first-order valence-electron chi connectivity index (χ1n) is 9.85. The topological polar surface area (TPSA) is 99.0 Å². The molecule has 0 N–H and O–H groups in total. The second kappa shape index (κ2) is 11.5. The maximum Gasteiger partial charge on any atom is 0.176 e. The van der Waals surface area contributed by atoms with Crippen molar-refractivity contribution in [1.82, 2.24) is 0 Å². The van der Waals surface area contributed by atoms with E-state index in [-0.39, 0.29) is 11.1 Å². The van der Waals surface area contributed by atoms with Crippen LogP contribution in [0.3, 0.4) is 0 Å². The summed E-state index contributed by atoms with van der Waals surface area (Å²) in [7, 11) is 0. The average molecular weight is 404 g/mol. The summed E-state index contributed by atoms with van der Waals surface area (Å²) in [6, 6.07) is 23.9. The first-order valence-corrected chi connectivity index (χ1v) is 9.85. The van der Waals surface area contributed by atoms with Gasteiger partial charge in [-0.3, -0.25) is 0 Å². The van der Waals surface area contributed by atoms with Gasteiger partial charge in [-0.25, -0.2) is 4.57 Å². The predicted octanol–water partition coefficient (Wildman–Crippen LogP) is 3.26. The molecule has 3 rings (SSSR count). The summed E-state index contributed by atoms with van der Waals surface area (Å²) in [6.07, 6.45) is 5.64. The van der Waals surface area contributed by atoms with E-state index in [1.54, 1.807) is 24.3 Å². The van der Waals surface area contributed by atoms with E-state index in [9.17, 15) is 0 Å². The number of fused-ring (bicyclic) bond motifs is 1. The molecule has 0 aliphatic rings. The van der Waals surface area contributed by atoms with E-state index < -0.39 is 0 Å². The Labute approximate surface area is 182 Å². The molecule has 2 aromatic carbocycles. The van der Waals surface area contributed by atoms with Crippen molar-refractivity contribution < 1.29 is 4.57 Å². The second-order valence-corrected chi connectivity index (χ2v) is 7.27. The quantitative estimate of drug-likeness (QED) is 0.626. The molecular formula is C26H22N5+. The van der Waals surface area contributed by atoms with E-state index in [1.165, 1.54) is 41.5 Å². The first-order chi connectivity index (χ1) is 15.0. The number of aryl methyl sites for hydroxylation is 1. The fourth-order valence-corrected chi connectivity index (χ4v) is 2.84. The zero-order valence-electron chi connectivity index (χ0n) is 17.6. The SMILES string of the molecule is CC(C)CC[n+]1ccc2ccccc2c1.N#CC(C#N)=c1ccc(=C(C#N)C#N)cc1. The number of nitriles is 4. The molecular weight excluding hydrogens is 382 g/mol. The van der Waals surface area contributed by atoms with Crippen LogP contribution in [0, 0.1) is 51.2 Å². The normalized spacial score (nSPS) is 9.39. The maximum atomic E-state index is 8.63. The Morgan fingerprint density at radius 1 is 0.742 bits per heavy atom. The molecule has 5 nitrogen and oxygen atoms in total. The Morgan fingerprint density at radius 2 is 1.23 bits per heavy atom. The summed E-state index contributed by atoms with van der Waals surface area (Å²) in [5, 5.41) is 38.1. The lowest BCUT2D eigenvalue weighted by Crippen LogP contribution is -2.33. The molecule has 0 fully saturated rings. The molecule has 0 saturated carbocycles. The Kier molecular flexibility index (Phi) is 8.49. The lowest BCUT2D eigenvalue weighted by Gasteiger charge is -2.01. The molecule has 31 heavy (non-hydrogen) atoms. The van der Waals surface area contributed by atoms with Gasteiger partial charge in [0.15, 0.2) is 12.4 Å². The molecule has 0 unspecified atom stereocenters. The van der Waals surface area contributed by atoms with Gasteiger partial charge in [-0.15, -0.1) is 0 Å². The van der Waals surface area contributed by atoms with Crippen molar-refractivity contribution >= 4 is 21.9 Å². The number of rotatable bonds is 3. The van der Waals surface area contributed by atoms with Gasteiger partial charge < -0.3 is 0 Å². The van der Waals surface area contributed by atoms with Crippen LogP contribution >= 0.6 is 0 Å². The number of aromatic nitrogens is 1. The minimum Gasteiger partial charge on any atom is -0.204 e. The number of nitrogens with zero attached hydrogens (tertiary/aromatic N) is 5. The smallest absolute Gasteiger partial charge is 0.176 e. The first kappa shape index (κ1) is 22.8. The summed E-state index contributed by atoms with van der Waals surface area (Å²) in [6.45, 7) is 5.64. The highest BCUT2D eigenvalue weighted by atomic mass is 14.9. The largest absolute Gasteiger partial charge is 0.204 e. The molecule has 1 aromatic heterocycles. The Bertz CT molecular complexity index is 1240. The summed E-state index contributed by atoms with van der Waals surface area (Å²) in [5.74, 6) is 0.768. The highest BCUT2D eigenvalue weighted by molar-refractivity contribution is 5.80. The van der Waals surface area contributed by atoms with Gasteiger partial charge in [0.1, 0.15) is 42.0 Å². The van der Waals surface area contributed by atoms with E-state index in [1.807, 2.05) is 0 Å². The zero-order valence-corrected chi connectivity index (χ0v) is 17.6. The number of hydrogen-bond donors (Lipinski definition) is 0. The van der Waals surface area contributed by atoms with Gasteiger partial charge in [0, 0.05) is 28.3 Å². The number of hydrogen-bond acceptors (Lipinski definition) is 4. The third kappa shape index (κ3) is 6.54. The zero-order chi connectivity index (χ0) is 22.6.